The van der Waals surface area contributed by atoms with Gasteiger partial charge in [0.05, 0.1) is 5.56 Å². The Balaban J connectivity index is 2.04. The van der Waals surface area contributed by atoms with Crippen molar-refractivity contribution in [2.45, 2.75) is 26.1 Å². The molecule has 0 amide bonds. The SMILES string of the molecule is C[C@@H]1C[NH+](CC(=O)c2ccc(O)cc2O)C[C@H](C)O1. The van der Waals surface area contributed by atoms with E-state index >= 15 is 0 Å². The molecule has 19 heavy (non-hydrogen) atoms. The lowest BCUT2D eigenvalue weighted by molar-refractivity contribution is -0.906. The lowest BCUT2D eigenvalue weighted by Gasteiger charge is -2.31. The monoisotopic (exact) mass is 266 g/mol. The fraction of sp³-hybridized carbons (Fsp3) is 0.500. The van der Waals surface area contributed by atoms with Crippen molar-refractivity contribution < 1.29 is 24.6 Å². The number of hydrogen-bond donors (Lipinski definition) is 3. The largest absolute Gasteiger partial charge is 0.508 e. The van der Waals surface area contributed by atoms with E-state index in [9.17, 15) is 15.0 Å². The van der Waals surface area contributed by atoms with Gasteiger partial charge >= 0.3 is 0 Å². The quantitative estimate of drug-likeness (QED) is 0.672. The minimum absolute atomic E-state index is 0.0463. The Morgan fingerprint density at radius 1 is 1.32 bits per heavy atom. The number of quaternary nitrogens is 1. The third kappa shape index (κ3) is 3.45. The molecule has 2 rings (SSSR count). The van der Waals surface area contributed by atoms with Crippen LogP contribution in [-0.4, -0.2) is 47.8 Å². The topological polar surface area (TPSA) is 71.2 Å². The predicted molar refractivity (Wildman–Crippen MR) is 69.7 cm³/mol. The minimum Gasteiger partial charge on any atom is -0.508 e. The van der Waals surface area contributed by atoms with E-state index in [2.05, 4.69) is 0 Å². The van der Waals surface area contributed by atoms with Gasteiger partial charge in [0.2, 0.25) is 5.78 Å². The van der Waals surface area contributed by atoms with E-state index in [1.54, 1.807) is 0 Å². The summed E-state index contributed by atoms with van der Waals surface area (Å²) >= 11 is 0. The second-order valence-corrected chi connectivity index (χ2v) is 5.22. The molecule has 0 saturated carbocycles. The molecule has 5 heteroatoms. The Kier molecular flexibility index (Phi) is 4.07. The van der Waals surface area contributed by atoms with Gasteiger partial charge in [-0.05, 0) is 26.0 Å². The molecular formula is C14H20NO4+. The van der Waals surface area contributed by atoms with E-state index in [0.29, 0.717) is 6.54 Å². The second kappa shape index (κ2) is 5.59. The smallest absolute Gasteiger partial charge is 0.220 e. The number of ketones is 1. The van der Waals surface area contributed by atoms with Gasteiger partial charge in [-0.25, -0.2) is 0 Å². The van der Waals surface area contributed by atoms with Crippen molar-refractivity contribution in [1.82, 2.24) is 0 Å². The highest BCUT2D eigenvalue weighted by Gasteiger charge is 2.28. The molecule has 1 unspecified atom stereocenters. The number of benzene rings is 1. The van der Waals surface area contributed by atoms with E-state index in [0.717, 1.165) is 18.0 Å². The normalized spacial score (nSPS) is 27.2. The second-order valence-electron chi connectivity index (χ2n) is 5.22. The van der Waals surface area contributed by atoms with Crippen molar-refractivity contribution in [3.63, 3.8) is 0 Å². The van der Waals surface area contributed by atoms with E-state index in [-0.39, 0.29) is 35.1 Å². The summed E-state index contributed by atoms with van der Waals surface area (Å²) in [7, 11) is 0. The van der Waals surface area contributed by atoms with Crippen molar-refractivity contribution in [1.29, 1.82) is 0 Å². The van der Waals surface area contributed by atoms with Gasteiger partial charge in [0.25, 0.3) is 0 Å². The number of carbonyl (C=O) groups excluding carboxylic acids is 1. The number of carbonyl (C=O) groups is 1. The van der Waals surface area contributed by atoms with Crippen LogP contribution < -0.4 is 4.90 Å². The molecule has 1 saturated heterocycles. The average molecular weight is 266 g/mol. The van der Waals surface area contributed by atoms with Gasteiger partial charge in [-0.1, -0.05) is 0 Å². The zero-order chi connectivity index (χ0) is 14.0. The zero-order valence-corrected chi connectivity index (χ0v) is 11.2. The molecule has 3 N–H and O–H groups in total. The van der Waals surface area contributed by atoms with Crippen molar-refractivity contribution >= 4 is 5.78 Å². The van der Waals surface area contributed by atoms with Crippen LogP contribution in [0.25, 0.3) is 0 Å². The van der Waals surface area contributed by atoms with Crippen LogP contribution in [0.1, 0.15) is 24.2 Å². The predicted octanol–water partition coefficient (Wildman–Crippen LogP) is -0.0274. The Morgan fingerprint density at radius 3 is 2.53 bits per heavy atom. The first-order valence-electron chi connectivity index (χ1n) is 6.50. The third-order valence-corrected chi connectivity index (χ3v) is 3.31. The molecular weight excluding hydrogens is 246 g/mol. The molecule has 1 fully saturated rings. The first-order valence-corrected chi connectivity index (χ1v) is 6.50. The maximum atomic E-state index is 12.2. The van der Waals surface area contributed by atoms with Crippen molar-refractivity contribution in [3.05, 3.63) is 23.8 Å². The third-order valence-electron chi connectivity index (χ3n) is 3.31. The molecule has 1 aliphatic rings. The summed E-state index contributed by atoms with van der Waals surface area (Å²) in [6.45, 7) is 5.90. The summed E-state index contributed by atoms with van der Waals surface area (Å²) in [6.07, 6.45) is 0.278. The molecule has 104 valence electrons. The number of aromatic hydroxyl groups is 2. The number of nitrogens with one attached hydrogen (secondary N) is 1. The summed E-state index contributed by atoms with van der Waals surface area (Å²) in [6, 6.07) is 4.06. The van der Waals surface area contributed by atoms with Crippen LogP contribution in [0.2, 0.25) is 0 Å². The van der Waals surface area contributed by atoms with Gasteiger partial charge in [-0.3, -0.25) is 4.79 Å². The van der Waals surface area contributed by atoms with Crippen LogP contribution in [0.15, 0.2) is 18.2 Å². The van der Waals surface area contributed by atoms with Crippen LogP contribution in [0, 0.1) is 0 Å². The van der Waals surface area contributed by atoms with Crippen LogP contribution >= 0.6 is 0 Å². The van der Waals surface area contributed by atoms with Crippen LogP contribution in [0.5, 0.6) is 11.5 Å². The highest BCUT2D eigenvalue weighted by Crippen LogP contribution is 2.22. The molecule has 1 aromatic rings. The minimum atomic E-state index is -0.168. The summed E-state index contributed by atoms with van der Waals surface area (Å²) < 4.78 is 5.63. The summed E-state index contributed by atoms with van der Waals surface area (Å²) in [5.74, 6) is -0.331. The van der Waals surface area contributed by atoms with E-state index in [1.165, 1.54) is 18.2 Å². The Bertz CT molecular complexity index is 465. The standard InChI is InChI=1S/C14H19NO4/c1-9-6-15(7-10(2)19-9)8-14(18)12-4-3-11(16)5-13(12)17/h3-5,9-10,16-17H,6-8H2,1-2H3/p+1/t9-,10+. The fourth-order valence-electron chi connectivity index (χ4n) is 2.61. The zero-order valence-electron chi connectivity index (χ0n) is 11.2. The van der Waals surface area contributed by atoms with Crippen LogP contribution in [0.4, 0.5) is 0 Å². The molecule has 1 heterocycles. The number of rotatable bonds is 3. The van der Waals surface area contributed by atoms with Gasteiger partial charge in [0, 0.05) is 6.07 Å². The fourth-order valence-corrected chi connectivity index (χ4v) is 2.61. The lowest BCUT2D eigenvalue weighted by atomic mass is 10.1. The van der Waals surface area contributed by atoms with Gasteiger partial charge in [-0.15, -0.1) is 0 Å². The molecule has 0 bridgehead atoms. The number of phenolic OH excluding ortho intramolecular Hbond substituents is 2. The first kappa shape index (κ1) is 13.8. The molecule has 1 aromatic carbocycles. The van der Waals surface area contributed by atoms with Gasteiger partial charge in [-0.2, -0.15) is 0 Å². The molecule has 0 aromatic heterocycles. The first-order chi connectivity index (χ1) is 8.95. The van der Waals surface area contributed by atoms with Crippen molar-refractivity contribution in [3.8, 4) is 11.5 Å². The summed E-state index contributed by atoms with van der Waals surface area (Å²) in [4.78, 5) is 13.3. The molecule has 0 radical (unpaired) electrons. The number of phenols is 2. The molecule has 1 aliphatic heterocycles. The Labute approximate surface area is 112 Å². The molecule has 3 atom stereocenters. The maximum Gasteiger partial charge on any atom is 0.220 e. The number of hydrogen-bond acceptors (Lipinski definition) is 4. The maximum absolute atomic E-state index is 12.2. The van der Waals surface area contributed by atoms with Gasteiger partial charge < -0.3 is 19.8 Å². The lowest BCUT2D eigenvalue weighted by Crippen LogP contribution is -3.16. The molecule has 5 nitrogen and oxygen atoms in total. The number of ether oxygens (including phenoxy) is 1. The Morgan fingerprint density at radius 2 is 1.95 bits per heavy atom. The highest BCUT2D eigenvalue weighted by atomic mass is 16.5. The average Bonchev–Trinajstić information content (AvgIpc) is 2.26. The van der Waals surface area contributed by atoms with E-state index in [4.69, 9.17) is 4.74 Å². The highest BCUT2D eigenvalue weighted by molar-refractivity contribution is 5.99. The molecule has 0 spiro atoms. The van der Waals surface area contributed by atoms with Crippen molar-refractivity contribution in [2.24, 2.45) is 0 Å². The number of Topliss-reactive ketones (excluding diaryl/α,β-unsaturated/α-hetero) is 1. The van der Waals surface area contributed by atoms with Crippen LogP contribution in [-0.2, 0) is 4.74 Å². The Hall–Kier alpha value is -1.59. The summed E-state index contributed by atoms with van der Waals surface area (Å²) in [5.41, 5.74) is 0.261. The van der Waals surface area contributed by atoms with Crippen LogP contribution in [0.3, 0.4) is 0 Å². The molecule has 0 aliphatic carbocycles. The van der Waals surface area contributed by atoms with Crippen molar-refractivity contribution in [2.75, 3.05) is 19.6 Å². The summed E-state index contributed by atoms with van der Waals surface area (Å²) in [5, 5.41) is 18.9. The number of morpholine rings is 1. The van der Waals surface area contributed by atoms with E-state index in [1.807, 2.05) is 13.8 Å². The van der Waals surface area contributed by atoms with E-state index < -0.39 is 0 Å². The van der Waals surface area contributed by atoms with Gasteiger partial charge in [0.15, 0.2) is 0 Å². The van der Waals surface area contributed by atoms with Gasteiger partial charge in [0.1, 0.15) is 43.3 Å².